The van der Waals surface area contributed by atoms with E-state index in [9.17, 15) is 4.21 Å². The van der Waals surface area contributed by atoms with Gasteiger partial charge in [0.1, 0.15) is 11.0 Å². The van der Waals surface area contributed by atoms with Crippen LogP contribution in [0.2, 0.25) is 5.02 Å². The fourth-order valence-corrected chi connectivity index (χ4v) is 3.99. The van der Waals surface area contributed by atoms with Crippen molar-refractivity contribution in [1.29, 1.82) is 0 Å². The summed E-state index contributed by atoms with van der Waals surface area (Å²) < 4.78 is 16.8. The number of anilines is 1. The quantitative estimate of drug-likeness (QED) is 0.582. The first-order valence-electron chi connectivity index (χ1n) is 8.12. The Morgan fingerprint density at radius 1 is 1.24 bits per heavy atom. The van der Waals surface area contributed by atoms with Crippen LogP contribution in [0.3, 0.4) is 0 Å². The van der Waals surface area contributed by atoms with Crippen LogP contribution >= 0.6 is 11.6 Å². The molecular formula is C20H21ClN2OS. The molecule has 0 spiro atoms. The number of nitrogens with one attached hydrogen (secondary N) is 1. The van der Waals surface area contributed by atoms with E-state index in [1.165, 1.54) is 0 Å². The van der Waals surface area contributed by atoms with Crippen molar-refractivity contribution in [1.82, 2.24) is 4.57 Å². The Hall–Kier alpha value is -2.04. The van der Waals surface area contributed by atoms with Gasteiger partial charge in [-0.05, 0) is 42.3 Å². The highest BCUT2D eigenvalue weighted by atomic mass is 35.5. The molecule has 2 atom stereocenters. The van der Waals surface area contributed by atoms with Gasteiger partial charge in [-0.25, -0.2) is 4.21 Å². The Kier molecular flexibility index (Phi) is 5.02. The molecule has 1 aromatic heterocycles. The van der Waals surface area contributed by atoms with Crippen LogP contribution in [0.25, 0.3) is 10.9 Å². The standard InChI is InChI=1S/C20H21ClN2OS/c1-4-20(5-2,15-9-11-16(21)12-10-15)23-14-13-17-18(22-25(3)24)7-6-8-19(17)23/h4,6-14,22H,1,5H2,2-3H3. The van der Waals surface area contributed by atoms with E-state index in [1.807, 2.05) is 48.5 Å². The Labute approximate surface area is 155 Å². The van der Waals surface area contributed by atoms with Crippen LogP contribution in [0.1, 0.15) is 18.9 Å². The third-order valence-electron chi connectivity index (χ3n) is 4.64. The van der Waals surface area contributed by atoms with Gasteiger partial charge in [0.05, 0.1) is 16.7 Å². The molecule has 0 fully saturated rings. The van der Waals surface area contributed by atoms with Gasteiger partial charge in [-0.3, -0.25) is 0 Å². The van der Waals surface area contributed by atoms with Crippen molar-refractivity contribution in [2.45, 2.75) is 18.9 Å². The first-order valence-corrected chi connectivity index (χ1v) is 10.1. The Morgan fingerprint density at radius 2 is 1.96 bits per heavy atom. The number of benzene rings is 2. The average molecular weight is 373 g/mol. The molecule has 130 valence electrons. The fourth-order valence-electron chi connectivity index (χ4n) is 3.37. The summed E-state index contributed by atoms with van der Waals surface area (Å²) in [4.78, 5) is 0. The number of nitrogens with zero attached hydrogens (tertiary/aromatic N) is 1. The number of rotatable bonds is 6. The zero-order valence-corrected chi connectivity index (χ0v) is 15.9. The highest BCUT2D eigenvalue weighted by Crippen LogP contribution is 2.37. The summed E-state index contributed by atoms with van der Waals surface area (Å²) >= 11 is 6.07. The molecule has 3 nitrogen and oxygen atoms in total. The molecule has 1 N–H and O–H groups in total. The summed E-state index contributed by atoms with van der Waals surface area (Å²) in [6, 6.07) is 15.9. The lowest BCUT2D eigenvalue weighted by atomic mass is 9.86. The van der Waals surface area contributed by atoms with Crippen molar-refractivity contribution in [2.75, 3.05) is 11.0 Å². The van der Waals surface area contributed by atoms with Gasteiger partial charge in [-0.1, -0.05) is 42.8 Å². The van der Waals surface area contributed by atoms with Gasteiger partial charge in [0.2, 0.25) is 0 Å². The molecule has 0 saturated carbocycles. The number of halogens is 1. The first-order chi connectivity index (χ1) is 12.0. The Balaban J connectivity index is 2.22. The zero-order chi connectivity index (χ0) is 18.0. The van der Waals surface area contributed by atoms with Crippen LogP contribution < -0.4 is 4.72 Å². The van der Waals surface area contributed by atoms with E-state index < -0.39 is 11.0 Å². The van der Waals surface area contributed by atoms with Crippen molar-refractivity contribution in [2.24, 2.45) is 0 Å². The highest BCUT2D eigenvalue weighted by Gasteiger charge is 2.30. The van der Waals surface area contributed by atoms with Gasteiger partial charge in [-0.2, -0.15) is 0 Å². The third-order valence-corrected chi connectivity index (χ3v) is 5.40. The lowest BCUT2D eigenvalue weighted by Gasteiger charge is -2.33. The summed E-state index contributed by atoms with van der Waals surface area (Å²) in [6.45, 7) is 6.26. The predicted octanol–water partition coefficient (Wildman–Crippen LogP) is 5.34. The molecule has 3 aromatic rings. The van der Waals surface area contributed by atoms with E-state index in [1.54, 1.807) is 6.26 Å². The maximum absolute atomic E-state index is 11.6. The second-order valence-corrected chi connectivity index (χ2v) is 7.52. The van der Waals surface area contributed by atoms with E-state index in [0.29, 0.717) is 5.02 Å². The monoisotopic (exact) mass is 372 g/mol. The smallest absolute Gasteiger partial charge is 0.113 e. The van der Waals surface area contributed by atoms with E-state index in [2.05, 4.69) is 35.1 Å². The van der Waals surface area contributed by atoms with Crippen LogP contribution in [-0.4, -0.2) is 15.0 Å². The van der Waals surface area contributed by atoms with Gasteiger partial charge >= 0.3 is 0 Å². The van der Waals surface area contributed by atoms with Crippen molar-refractivity contribution in [3.8, 4) is 0 Å². The summed E-state index contributed by atoms with van der Waals surface area (Å²) in [5.74, 6) is 0. The molecule has 0 radical (unpaired) electrons. The number of aromatic nitrogens is 1. The van der Waals surface area contributed by atoms with Crippen molar-refractivity contribution in [3.63, 3.8) is 0 Å². The van der Waals surface area contributed by atoms with Gasteiger partial charge in [0, 0.05) is 22.9 Å². The molecule has 0 saturated heterocycles. The summed E-state index contributed by atoms with van der Waals surface area (Å²) in [5, 5.41) is 1.75. The molecule has 1 heterocycles. The normalized spacial score (nSPS) is 14.8. The zero-order valence-electron chi connectivity index (χ0n) is 14.3. The summed E-state index contributed by atoms with van der Waals surface area (Å²) in [6.07, 6.45) is 6.52. The van der Waals surface area contributed by atoms with Crippen molar-refractivity contribution in [3.05, 3.63) is 78.0 Å². The minimum absolute atomic E-state index is 0.379. The molecule has 2 unspecified atom stereocenters. The molecule has 2 aromatic carbocycles. The van der Waals surface area contributed by atoms with Crippen LogP contribution in [0.4, 0.5) is 5.69 Å². The lowest BCUT2D eigenvalue weighted by Crippen LogP contribution is -2.31. The van der Waals surface area contributed by atoms with Gasteiger partial charge in [0.15, 0.2) is 0 Å². The molecule has 3 rings (SSSR count). The maximum Gasteiger partial charge on any atom is 0.113 e. The molecule has 0 aliphatic heterocycles. The second-order valence-electron chi connectivity index (χ2n) is 5.97. The van der Waals surface area contributed by atoms with Crippen LogP contribution in [0, 0.1) is 0 Å². The molecular weight excluding hydrogens is 352 g/mol. The molecule has 0 amide bonds. The molecule has 5 heteroatoms. The van der Waals surface area contributed by atoms with Gasteiger partial charge < -0.3 is 9.29 Å². The SMILES string of the molecule is C=CC(CC)(c1ccc(Cl)cc1)n1ccc2c(NS(C)=O)cccc21. The summed E-state index contributed by atoms with van der Waals surface area (Å²) in [7, 11) is -1.12. The number of hydrogen-bond acceptors (Lipinski definition) is 1. The van der Waals surface area contributed by atoms with Crippen LogP contribution in [0.5, 0.6) is 0 Å². The van der Waals surface area contributed by atoms with Gasteiger partial charge in [0.25, 0.3) is 0 Å². The van der Waals surface area contributed by atoms with E-state index in [0.717, 1.165) is 28.6 Å². The molecule has 0 aliphatic carbocycles. The Morgan fingerprint density at radius 3 is 2.56 bits per heavy atom. The first kappa shape index (κ1) is 17.8. The Bertz CT molecular complexity index is 933. The largest absolute Gasteiger partial charge is 0.334 e. The van der Waals surface area contributed by atoms with Crippen LogP contribution in [-0.2, 0) is 16.5 Å². The van der Waals surface area contributed by atoms with Gasteiger partial charge in [-0.15, -0.1) is 6.58 Å². The van der Waals surface area contributed by atoms with E-state index in [-0.39, 0.29) is 5.54 Å². The van der Waals surface area contributed by atoms with Crippen LogP contribution in [0.15, 0.2) is 67.4 Å². The molecule has 25 heavy (non-hydrogen) atoms. The maximum atomic E-state index is 11.6. The highest BCUT2D eigenvalue weighted by molar-refractivity contribution is 7.85. The van der Waals surface area contributed by atoms with Crippen molar-refractivity contribution >= 4 is 39.2 Å². The van der Waals surface area contributed by atoms with E-state index in [4.69, 9.17) is 11.6 Å². The third kappa shape index (κ3) is 3.12. The van der Waals surface area contributed by atoms with Crippen molar-refractivity contribution < 1.29 is 4.21 Å². The summed E-state index contributed by atoms with van der Waals surface area (Å²) in [5.41, 5.74) is 2.68. The lowest BCUT2D eigenvalue weighted by molar-refractivity contribution is 0.447. The van der Waals surface area contributed by atoms with E-state index >= 15 is 0 Å². The molecule has 0 bridgehead atoms. The number of hydrogen-bond donors (Lipinski definition) is 1. The second kappa shape index (κ2) is 7.06. The topological polar surface area (TPSA) is 34.0 Å². The molecule has 0 aliphatic rings. The number of fused-ring (bicyclic) bond motifs is 1. The fraction of sp³-hybridized carbons (Fsp3) is 0.200. The number of allylic oxidation sites excluding steroid dienone is 1. The minimum Gasteiger partial charge on any atom is -0.334 e. The minimum atomic E-state index is -1.12. The predicted molar refractivity (Wildman–Crippen MR) is 109 cm³/mol. The average Bonchev–Trinajstić information content (AvgIpc) is 3.03.